The van der Waals surface area contributed by atoms with Crippen LogP contribution in [0, 0.1) is 0 Å². The Labute approximate surface area is 135 Å². The third kappa shape index (κ3) is 5.05. The van der Waals surface area contributed by atoms with E-state index in [1.807, 2.05) is 74.8 Å². The van der Waals surface area contributed by atoms with Crippen molar-refractivity contribution in [3.63, 3.8) is 0 Å². The van der Waals surface area contributed by atoms with Gasteiger partial charge in [-0.2, -0.15) is 0 Å². The molecule has 22 heavy (non-hydrogen) atoms. The van der Waals surface area contributed by atoms with Gasteiger partial charge in [-0.05, 0) is 38.2 Å². The molecule has 0 aliphatic heterocycles. The van der Waals surface area contributed by atoms with Gasteiger partial charge in [0.05, 0.1) is 6.61 Å². The molecule has 2 aromatic rings. The summed E-state index contributed by atoms with van der Waals surface area (Å²) in [4.78, 5) is 2.10. The minimum atomic E-state index is -1.39. The van der Waals surface area contributed by atoms with Crippen molar-refractivity contribution in [2.45, 2.75) is 11.7 Å². The van der Waals surface area contributed by atoms with Crippen LogP contribution in [0.2, 0.25) is 0 Å². The monoisotopic (exact) mass is 317 g/mol. The maximum atomic E-state index is 12.7. The Morgan fingerprint density at radius 2 is 1.45 bits per heavy atom. The molecular formula is C18H23NO2S. The van der Waals surface area contributed by atoms with Crippen molar-refractivity contribution < 1.29 is 8.39 Å². The predicted octanol–water partition coefficient (Wildman–Crippen LogP) is 3.41. The van der Waals surface area contributed by atoms with E-state index in [0.29, 0.717) is 6.61 Å². The summed E-state index contributed by atoms with van der Waals surface area (Å²) in [6.07, 6.45) is 0.870. The summed E-state index contributed by atoms with van der Waals surface area (Å²) in [5, 5.41) is -0.248. The van der Waals surface area contributed by atoms with Crippen molar-refractivity contribution in [2.75, 3.05) is 27.2 Å². The molecule has 0 aromatic heterocycles. The van der Waals surface area contributed by atoms with Crippen LogP contribution < -0.4 is 0 Å². The number of hydrogen-bond acceptors (Lipinski definition) is 3. The molecule has 0 unspecified atom stereocenters. The van der Waals surface area contributed by atoms with Crippen LogP contribution >= 0.6 is 0 Å². The van der Waals surface area contributed by atoms with E-state index in [1.54, 1.807) is 0 Å². The lowest BCUT2D eigenvalue weighted by atomic mass is 10.0. The fourth-order valence-electron chi connectivity index (χ4n) is 2.26. The maximum absolute atomic E-state index is 12.7. The first-order chi connectivity index (χ1) is 10.7. The molecule has 0 heterocycles. The number of benzene rings is 2. The third-order valence-corrected chi connectivity index (χ3v) is 4.67. The zero-order valence-corrected chi connectivity index (χ0v) is 14.0. The van der Waals surface area contributed by atoms with Crippen LogP contribution in [0.3, 0.4) is 0 Å². The lowest BCUT2D eigenvalue weighted by Gasteiger charge is -2.17. The summed E-state index contributed by atoms with van der Waals surface area (Å²) in [5.41, 5.74) is 2.03. The van der Waals surface area contributed by atoms with E-state index in [9.17, 15) is 4.21 Å². The Balaban J connectivity index is 2.10. The van der Waals surface area contributed by atoms with Gasteiger partial charge in [-0.3, -0.25) is 4.18 Å². The third-order valence-electron chi connectivity index (χ3n) is 3.35. The molecule has 4 heteroatoms. The van der Waals surface area contributed by atoms with Crippen LogP contribution in [0.25, 0.3) is 0 Å². The highest BCUT2D eigenvalue weighted by Gasteiger charge is 2.21. The normalized spacial score (nSPS) is 12.7. The van der Waals surface area contributed by atoms with Gasteiger partial charge in [0, 0.05) is 0 Å². The van der Waals surface area contributed by atoms with E-state index in [-0.39, 0.29) is 5.25 Å². The van der Waals surface area contributed by atoms with Crippen LogP contribution in [0.5, 0.6) is 0 Å². The first-order valence-corrected chi connectivity index (χ1v) is 8.61. The zero-order valence-electron chi connectivity index (χ0n) is 13.1. The largest absolute Gasteiger partial charge is 0.309 e. The van der Waals surface area contributed by atoms with Crippen molar-refractivity contribution in [2.24, 2.45) is 0 Å². The fraction of sp³-hybridized carbons (Fsp3) is 0.333. The minimum absolute atomic E-state index is 0.248. The van der Waals surface area contributed by atoms with Gasteiger partial charge in [0.2, 0.25) is 0 Å². The van der Waals surface area contributed by atoms with E-state index in [4.69, 9.17) is 4.18 Å². The molecule has 0 saturated carbocycles. The second-order valence-corrected chi connectivity index (χ2v) is 6.67. The van der Waals surface area contributed by atoms with E-state index in [2.05, 4.69) is 4.90 Å². The second-order valence-electron chi connectivity index (χ2n) is 5.44. The molecule has 118 valence electrons. The molecule has 0 radical (unpaired) electrons. The molecule has 3 nitrogen and oxygen atoms in total. The summed E-state index contributed by atoms with van der Waals surface area (Å²) in [6.45, 7) is 1.43. The van der Waals surface area contributed by atoms with Gasteiger partial charge in [0.15, 0.2) is 11.1 Å². The highest BCUT2D eigenvalue weighted by Crippen LogP contribution is 2.28. The molecular weight excluding hydrogens is 294 g/mol. The molecule has 0 N–H and O–H groups in total. The van der Waals surface area contributed by atoms with Crippen LogP contribution in [0.4, 0.5) is 0 Å². The van der Waals surface area contributed by atoms with Crippen LogP contribution in [0.15, 0.2) is 60.7 Å². The Kier molecular flexibility index (Phi) is 6.77. The van der Waals surface area contributed by atoms with Crippen molar-refractivity contribution in [3.8, 4) is 0 Å². The summed E-state index contributed by atoms with van der Waals surface area (Å²) in [7, 11) is 4.04. The molecule has 0 aliphatic carbocycles. The first kappa shape index (κ1) is 16.9. The van der Waals surface area contributed by atoms with Crippen LogP contribution in [0.1, 0.15) is 22.8 Å². The number of rotatable bonds is 8. The second kappa shape index (κ2) is 8.83. The molecule has 0 bridgehead atoms. The zero-order chi connectivity index (χ0) is 15.8. The molecule has 2 aromatic carbocycles. The highest BCUT2D eigenvalue weighted by molar-refractivity contribution is 7.80. The minimum Gasteiger partial charge on any atom is -0.309 e. The van der Waals surface area contributed by atoms with Crippen molar-refractivity contribution in [1.29, 1.82) is 0 Å². The maximum Gasteiger partial charge on any atom is 0.167 e. The smallest absolute Gasteiger partial charge is 0.167 e. The topological polar surface area (TPSA) is 29.5 Å². The predicted molar refractivity (Wildman–Crippen MR) is 92.0 cm³/mol. The van der Waals surface area contributed by atoms with Gasteiger partial charge in [-0.1, -0.05) is 60.7 Å². The molecule has 0 amide bonds. The van der Waals surface area contributed by atoms with E-state index in [0.717, 1.165) is 24.1 Å². The van der Waals surface area contributed by atoms with E-state index < -0.39 is 11.1 Å². The fourth-order valence-corrected chi connectivity index (χ4v) is 3.44. The first-order valence-electron chi connectivity index (χ1n) is 7.47. The lowest BCUT2D eigenvalue weighted by molar-refractivity contribution is 0.300. The molecule has 0 saturated heterocycles. The molecule has 0 spiro atoms. The van der Waals surface area contributed by atoms with Crippen LogP contribution in [-0.2, 0) is 15.3 Å². The van der Waals surface area contributed by atoms with Crippen molar-refractivity contribution in [1.82, 2.24) is 4.90 Å². The summed E-state index contributed by atoms with van der Waals surface area (Å²) < 4.78 is 18.3. The van der Waals surface area contributed by atoms with Crippen molar-refractivity contribution >= 4 is 11.1 Å². The summed E-state index contributed by atoms with van der Waals surface area (Å²) in [5.74, 6) is 0. The van der Waals surface area contributed by atoms with E-state index in [1.165, 1.54) is 0 Å². The molecule has 0 fully saturated rings. The number of nitrogens with zero attached hydrogens (tertiary/aromatic N) is 1. The average molecular weight is 317 g/mol. The lowest BCUT2D eigenvalue weighted by Crippen LogP contribution is -2.17. The van der Waals surface area contributed by atoms with Gasteiger partial charge in [-0.15, -0.1) is 0 Å². The highest BCUT2D eigenvalue weighted by atomic mass is 32.2. The molecule has 0 aliphatic rings. The molecule has 2 rings (SSSR count). The quantitative estimate of drug-likeness (QED) is 0.699. The Morgan fingerprint density at radius 1 is 0.955 bits per heavy atom. The van der Waals surface area contributed by atoms with Gasteiger partial charge in [0.25, 0.3) is 0 Å². The summed E-state index contributed by atoms with van der Waals surface area (Å²) >= 11 is -1.39. The molecule has 1 atom stereocenters. The Morgan fingerprint density at radius 3 is 1.91 bits per heavy atom. The van der Waals surface area contributed by atoms with Gasteiger partial charge < -0.3 is 4.90 Å². The average Bonchev–Trinajstić information content (AvgIpc) is 2.54. The van der Waals surface area contributed by atoms with Crippen molar-refractivity contribution in [3.05, 3.63) is 71.8 Å². The Hall–Kier alpha value is -1.49. The van der Waals surface area contributed by atoms with Gasteiger partial charge >= 0.3 is 0 Å². The number of hydrogen-bond donors (Lipinski definition) is 0. The SMILES string of the molecule is CN(C)CCCO[S@](=O)C(c1ccccc1)c1ccccc1. The standard InChI is InChI=1S/C18H23NO2S/c1-19(2)14-9-15-21-22(20)18(16-10-5-3-6-11-16)17-12-7-4-8-13-17/h3-8,10-13,18H,9,14-15H2,1-2H3/t22-/m0/s1. The van der Waals surface area contributed by atoms with E-state index >= 15 is 0 Å². The summed E-state index contributed by atoms with van der Waals surface area (Å²) in [6, 6.07) is 19.8. The van der Waals surface area contributed by atoms with Gasteiger partial charge in [-0.25, -0.2) is 4.21 Å². The Bertz CT molecular complexity index is 533. The van der Waals surface area contributed by atoms with Gasteiger partial charge in [0.1, 0.15) is 5.25 Å². The van der Waals surface area contributed by atoms with Crippen LogP contribution in [-0.4, -0.2) is 36.4 Å².